The van der Waals surface area contributed by atoms with Gasteiger partial charge in [0.1, 0.15) is 5.60 Å². The fourth-order valence-electron chi connectivity index (χ4n) is 2.06. The van der Waals surface area contributed by atoms with Crippen molar-refractivity contribution < 1.29 is 14.3 Å². The second-order valence-electron chi connectivity index (χ2n) is 6.19. The summed E-state index contributed by atoms with van der Waals surface area (Å²) < 4.78 is 5.04. The number of hydrogen-bond acceptors (Lipinski definition) is 4. The van der Waals surface area contributed by atoms with Crippen LogP contribution in [0.25, 0.3) is 0 Å². The molecule has 1 aliphatic rings. The van der Waals surface area contributed by atoms with E-state index in [4.69, 9.17) is 4.74 Å². The number of nitrogens with zero attached hydrogens (tertiary/aromatic N) is 1. The van der Waals surface area contributed by atoms with Gasteiger partial charge in [0.25, 0.3) is 0 Å². The van der Waals surface area contributed by atoms with E-state index in [1.165, 1.54) is 12.8 Å². The molecule has 1 aliphatic carbocycles. The van der Waals surface area contributed by atoms with Crippen molar-refractivity contribution in [3.8, 4) is 0 Å². The van der Waals surface area contributed by atoms with Crippen LogP contribution in [0.5, 0.6) is 0 Å². The van der Waals surface area contributed by atoms with Gasteiger partial charge in [0.2, 0.25) is 5.91 Å². The van der Waals surface area contributed by atoms with E-state index in [2.05, 4.69) is 15.8 Å². The van der Waals surface area contributed by atoms with Crippen LogP contribution in [0.4, 0.5) is 4.79 Å². The van der Waals surface area contributed by atoms with Crippen molar-refractivity contribution in [2.24, 2.45) is 5.10 Å². The van der Waals surface area contributed by atoms with Gasteiger partial charge in [0.05, 0.1) is 6.42 Å². The topological polar surface area (TPSA) is 79.8 Å². The third-order valence-electron chi connectivity index (χ3n) is 2.87. The predicted octanol–water partition coefficient (Wildman–Crippen LogP) is 2.34. The molecule has 1 fully saturated rings. The number of rotatable bonds is 4. The molecule has 0 spiro atoms. The molecule has 2 amide bonds. The third-order valence-corrected chi connectivity index (χ3v) is 2.87. The van der Waals surface area contributed by atoms with E-state index in [0.717, 1.165) is 12.8 Å². The van der Waals surface area contributed by atoms with Crippen molar-refractivity contribution in [1.82, 2.24) is 10.7 Å². The molecule has 0 aromatic heterocycles. The number of hydrazone groups is 1. The first kappa shape index (κ1) is 16.5. The number of hydrogen-bond donors (Lipinski definition) is 2. The summed E-state index contributed by atoms with van der Waals surface area (Å²) >= 11 is 0. The van der Waals surface area contributed by atoms with E-state index in [-0.39, 0.29) is 12.3 Å². The van der Waals surface area contributed by atoms with Gasteiger partial charge in [-0.05, 0) is 40.5 Å². The van der Waals surface area contributed by atoms with Crippen molar-refractivity contribution in [2.75, 3.05) is 0 Å². The molecule has 114 valence electrons. The lowest BCUT2D eigenvalue weighted by molar-refractivity contribution is -0.120. The highest BCUT2D eigenvalue weighted by molar-refractivity contribution is 6.00. The lowest BCUT2D eigenvalue weighted by Gasteiger charge is -2.18. The van der Waals surface area contributed by atoms with E-state index in [0.29, 0.717) is 11.8 Å². The van der Waals surface area contributed by atoms with Crippen molar-refractivity contribution in [1.29, 1.82) is 0 Å². The molecule has 0 atom stereocenters. The zero-order chi connectivity index (χ0) is 15.2. The number of nitrogens with one attached hydrogen (secondary N) is 2. The highest BCUT2D eigenvalue weighted by Gasteiger charge is 2.18. The Morgan fingerprint density at radius 3 is 2.40 bits per heavy atom. The Balaban J connectivity index is 2.29. The number of carbonyl (C=O) groups is 2. The minimum atomic E-state index is -0.618. The maximum absolute atomic E-state index is 11.7. The summed E-state index contributed by atoms with van der Waals surface area (Å²) in [6.07, 6.45) is 4.03. The molecule has 6 heteroatoms. The Morgan fingerprint density at radius 1 is 1.25 bits per heavy atom. The van der Waals surface area contributed by atoms with Gasteiger partial charge in [0, 0.05) is 11.8 Å². The normalized spacial score (nSPS) is 16.9. The number of ether oxygens (including phenoxy) is 1. The molecule has 1 saturated carbocycles. The van der Waals surface area contributed by atoms with E-state index < -0.39 is 11.7 Å². The number of carbonyl (C=O) groups excluding carboxylic acids is 2. The monoisotopic (exact) mass is 283 g/mol. The summed E-state index contributed by atoms with van der Waals surface area (Å²) in [5.74, 6) is -0.0517. The molecule has 0 heterocycles. The predicted molar refractivity (Wildman–Crippen MR) is 77.5 cm³/mol. The molecule has 1 rings (SSSR count). The highest BCUT2D eigenvalue weighted by Crippen LogP contribution is 2.17. The smallest absolute Gasteiger partial charge is 0.428 e. The fraction of sp³-hybridized carbons (Fsp3) is 0.786. The van der Waals surface area contributed by atoms with Crippen LogP contribution in [-0.2, 0) is 9.53 Å². The second-order valence-corrected chi connectivity index (χ2v) is 6.19. The fourth-order valence-corrected chi connectivity index (χ4v) is 2.06. The molecule has 20 heavy (non-hydrogen) atoms. The van der Waals surface area contributed by atoms with Crippen LogP contribution in [0.3, 0.4) is 0 Å². The van der Waals surface area contributed by atoms with Gasteiger partial charge in [-0.3, -0.25) is 4.79 Å². The average molecular weight is 283 g/mol. The maximum atomic E-state index is 11.7. The largest absolute Gasteiger partial charge is 0.443 e. The molecule has 2 N–H and O–H groups in total. The highest BCUT2D eigenvalue weighted by atomic mass is 16.6. The van der Waals surface area contributed by atoms with E-state index in [9.17, 15) is 9.59 Å². The summed E-state index contributed by atoms with van der Waals surface area (Å²) in [4.78, 5) is 23.1. The van der Waals surface area contributed by atoms with Crippen LogP contribution < -0.4 is 10.7 Å². The lowest BCUT2D eigenvalue weighted by Crippen LogP contribution is -2.34. The zero-order valence-electron chi connectivity index (χ0n) is 12.8. The van der Waals surface area contributed by atoms with Gasteiger partial charge in [-0.2, -0.15) is 5.10 Å². The van der Waals surface area contributed by atoms with Gasteiger partial charge in [0.15, 0.2) is 0 Å². The van der Waals surface area contributed by atoms with E-state index >= 15 is 0 Å². The Kier molecular flexibility index (Phi) is 5.98. The lowest BCUT2D eigenvalue weighted by atomic mass is 10.2. The summed E-state index contributed by atoms with van der Waals surface area (Å²) in [5.41, 5.74) is 2.27. The van der Waals surface area contributed by atoms with E-state index in [1.54, 1.807) is 27.7 Å². The molecule has 0 unspecified atom stereocenters. The maximum Gasteiger partial charge on any atom is 0.428 e. The first-order valence-electron chi connectivity index (χ1n) is 7.08. The molecule has 6 nitrogen and oxygen atoms in total. The molecular formula is C14H25N3O3. The summed E-state index contributed by atoms with van der Waals surface area (Å²) in [6, 6.07) is 0.300. The minimum Gasteiger partial charge on any atom is -0.443 e. The van der Waals surface area contributed by atoms with E-state index in [1.807, 2.05) is 0 Å². The Morgan fingerprint density at radius 2 is 1.85 bits per heavy atom. The van der Waals surface area contributed by atoms with Gasteiger partial charge in [-0.1, -0.05) is 12.8 Å². The van der Waals surface area contributed by atoms with Crippen LogP contribution in [0.15, 0.2) is 5.10 Å². The van der Waals surface area contributed by atoms with Crippen LogP contribution >= 0.6 is 0 Å². The average Bonchev–Trinajstić information content (AvgIpc) is 2.76. The summed E-state index contributed by atoms with van der Waals surface area (Å²) in [6.45, 7) is 7.03. The Bertz CT molecular complexity index is 380. The Labute approximate surface area is 120 Å². The van der Waals surface area contributed by atoms with Gasteiger partial charge in [-0.15, -0.1) is 0 Å². The third kappa shape index (κ3) is 7.11. The van der Waals surface area contributed by atoms with Gasteiger partial charge < -0.3 is 10.1 Å². The molecule has 0 aromatic carbocycles. The Hall–Kier alpha value is -1.59. The quantitative estimate of drug-likeness (QED) is 0.614. The van der Waals surface area contributed by atoms with Gasteiger partial charge >= 0.3 is 6.09 Å². The second kappa shape index (κ2) is 7.26. The van der Waals surface area contributed by atoms with Crippen LogP contribution in [0, 0.1) is 0 Å². The molecule has 0 aliphatic heterocycles. The van der Waals surface area contributed by atoms with Crippen molar-refractivity contribution in [3.05, 3.63) is 0 Å². The summed E-state index contributed by atoms with van der Waals surface area (Å²) in [7, 11) is 0. The molecular weight excluding hydrogens is 258 g/mol. The molecule has 0 radical (unpaired) electrons. The summed E-state index contributed by atoms with van der Waals surface area (Å²) in [5, 5.41) is 6.83. The molecule has 0 bridgehead atoms. The SMILES string of the molecule is C/C(CC(=O)NC1CCCC1)=N\NC(=O)OC(C)(C)C. The first-order chi connectivity index (χ1) is 9.26. The van der Waals surface area contributed by atoms with Crippen molar-refractivity contribution >= 4 is 17.7 Å². The van der Waals surface area contributed by atoms with Crippen molar-refractivity contribution in [3.63, 3.8) is 0 Å². The number of amides is 2. The van der Waals surface area contributed by atoms with Crippen molar-refractivity contribution in [2.45, 2.75) is 71.4 Å². The van der Waals surface area contributed by atoms with Gasteiger partial charge in [-0.25, -0.2) is 10.2 Å². The van der Waals surface area contributed by atoms with Crippen LogP contribution in [0.1, 0.15) is 59.8 Å². The standard InChI is InChI=1S/C14H25N3O3/c1-10(16-17-13(19)20-14(2,3)4)9-12(18)15-11-7-5-6-8-11/h11H,5-9H2,1-4H3,(H,15,18)(H,17,19)/b16-10+. The van der Waals surface area contributed by atoms with Crippen LogP contribution in [-0.4, -0.2) is 29.4 Å². The zero-order valence-corrected chi connectivity index (χ0v) is 12.8. The molecule has 0 aromatic rings. The molecule has 0 saturated heterocycles. The minimum absolute atomic E-state index is 0.0517. The van der Waals surface area contributed by atoms with Crippen LogP contribution in [0.2, 0.25) is 0 Å². The first-order valence-corrected chi connectivity index (χ1v) is 7.08.